The lowest BCUT2D eigenvalue weighted by Gasteiger charge is -2.17. The summed E-state index contributed by atoms with van der Waals surface area (Å²) in [7, 11) is 1.58. The number of hydrazine groups is 1. The van der Waals surface area contributed by atoms with Crippen LogP contribution in [0.3, 0.4) is 0 Å². The number of ether oxygens (including phenoxy) is 1. The van der Waals surface area contributed by atoms with E-state index >= 15 is 0 Å². The number of nitrogens with zero attached hydrogens (tertiary/aromatic N) is 2. The average molecular weight is 210 g/mol. The van der Waals surface area contributed by atoms with Crippen LogP contribution in [0.25, 0.3) is 0 Å². The normalized spacial score (nSPS) is 12.9. The number of hydrogen-bond donors (Lipinski definition) is 2. The summed E-state index contributed by atoms with van der Waals surface area (Å²) in [5, 5.41) is 0. The Morgan fingerprint density at radius 1 is 1.47 bits per heavy atom. The lowest BCUT2D eigenvalue weighted by atomic mass is 10.0. The maximum Gasteiger partial charge on any atom is 0.216 e. The van der Waals surface area contributed by atoms with Crippen LogP contribution in [-0.4, -0.2) is 17.1 Å². The molecule has 0 radical (unpaired) electrons. The Morgan fingerprint density at radius 3 is 2.73 bits per heavy atom. The first-order valence-corrected chi connectivity index (χ1v) is 4.99. The van der Waals surface area contributed by atoms with Crippen molar-refractivity contribution in [2.75, 3.05) is 7.11 Å². The molecule has 1 rings (SSSR count). The van der Waals surface area contributed by atoms with Crippen molar-refractivity contribution in [1.29, 1.82) is 0 Å². The molecule has 1 aromatic heterocycles. The summed E-state index contributed by atoms with van der Waals surface area (Å²) < 4.78 is 5.03. The van der Waals surface area contributed by atoms with Gasteiger partial charge in [0.25, 0.3) is 0 Å². The number of hydrogen-bond acceptors (Lipinski definition) is 5. The van der Waals surface area contributed by atoms with E-state index < -0.39 is 0 Å². The molecule has 0 bridgehead atoms. The Bertz CT molecular complexity index is 303. The highest BCUT2D eigenvalue weighted by Gasteiger charge is 2.13. The van der Waals surface area contributed by atoms with E-state index in [9.17, 15) is 0 Å². The molecule has 0 aliphatic rings. The van der Waals surface area contributed by atoms with Gasteiger partial charge in [-0.1, -0.05) is 13.8 Å². The number of nitrogens with one attached hydrogen (secondary N) is 1. The van der Waals surface area contributed by atoms with Crippen LogP contribution in [0.5, 0.6) is 5.88 Å². The van der Waals surface area contributed by atoms with Crippen LogP contribution < -0.4 is 16.0 Å². The monoisotopic (exact) mass is 210 g/mol. The molecule has 1 heterocycles. The van der Waals surface area contributed by atoms with Gasteiger partial charge in [0.05, 0.1) is 18.8 Å². The van der Waals surface area contributed by atoms with Crippen molar-refractivity contribution in [3.05, 3.63) is 18.1 Å². The van der Waals surface area contributed by atoms with Crippen LogP contribution in [0.2, 0.25) is 0 Å². The van der Waals surface area contributed by atoms with Crippen molar-refractivity contribution in [3.8, 4) is 5.88 Å². The van der Waals surface area contributed by atoms with Crippen LogP contribution >= 0.6 is 0 Å². The van der Waals surface area contributed by atoms with Gasteiger partial charge >= 0.3 is 0 Å². The van der Waals surface area contributed by atoms with E-state index in [0.29, 0.717) is 11.8 Å². The molecule has 0 aliphatic carbocycles. The fourth-order valence-corrected chi connectivity index (χ4v) is 1.40. The van der Waals surface area contributed by atoms with Crippen LogP contribution in [-0.2, 0) is 0 Å². The summed E-state index contributed by atoms with van der Waals surface area (Å²) in [6, 6.07) is 1.84. The van der Waals surface area contributed by atoms with Gasteiger partial charge in [0.2, 0.25) is 5.88 Å². The van der Waals surface area contributed by atoms with Crippen molar-refractivity contribution >= 4 is 0 Å². The molecule has 1 aromatic rings. The minimum absolute atomic E-state index is 0.0434. The fraction of sp³-hybridized carbons (Fsp3) is 0.600. The number of nitrogens with two attached hydrogens (primary N) is 1. The van der Waals surface area contributed by atoms with Crippen molar-refractivity contribution in [1.82, 2.24) is 15.4 Å². The SMILES string of the molecule is COc1cc(C(CC(C)C)NN)ncn1. The van der Waals surface area contributed by atoms with Gasteiger partial charge in [-0.05, 0) is 12.3 Å². The lowest BCUT2D eigenvalue weighted by Crippen LogP contribution is -2.29. The number of aromatic nitrogens is 2. The first-order valence-electron chi connectivity index (χ1n) is 4.99. The smallest absolute Gasteiger partial charge is 0.216 e. The Morgan fingerprint density at radius 2 is 2.20 bits per heavy atom. The fourth-order valence-electron chi connectivity index (χ4n) is 1.40. The molecular weight excluding hydrogens is 192 g/mol. The van der Waals surface area contributed by atoms with Gasteiger partial charge in [0, 0.05) is 6.07 Å². The van der Waals surface area contributed by atoms with Gasteiger partial charge in [-0.3, -0.25) is 11.3 Å². The number of rotatable bonds is 5. The van der Waals surface area contributed by atoms with Crippen LogP contribution in [0.1, 0.15) is 32.0 Å². The zero-order chi connectivity index (χ0) is 11.3. The minimum atomic E-state index is 0.0434. The Kier molecular flexibility index (Phi) is 4.45. The average Bonchev–Trinajstić information content (AvgIpc) is 2.25. The molecule has 0 saturated carbocycles. The molecule has 15 heavy (non-hydrogen) atoms. The molecular formula is C10H18N4O. The molecule has 1 atom stereocenters. The third-order valence-electron chi connectivity index (χ3n) is 2.14. The van der Waals surface area contributed by atoms with Crippen molar-refractivity contribution < 1.29 is 4.74 Å². The topological polar surface area (TPSA) is 73.1 Å². The summed E-state index contributed by atoms with van der Waals surface area (Å²) in [6.45, 7) is 4.28. The highest BCUT2D eigenvalue weighted by molar-refractivity contribution is 5.16. The molecule has 0 fully saturated rings. The van der Waals surface area contributed by atoms with Gasteiger partial charge in [0.15, 0.2) is 0 Å². The second kappa shape index (κ2) is 5.63. The zero-order valence-electron chi connectivity index (χ0n) is 9.40. The van der Waals surface area contributed by atoms with E-state index in [-0.39, 0.29) is 6.04 Å². The third-order valence-corrected chi connectivity index (χ3v) is 2.14. The standard InChI is InChI=1S/C10H18N4O/c1-7(2)4-9(14-11)8-5-10(15-3)13-6-12-8/h5-7,9,14H,4,11H2,1-3H3. The molecule has 0 aromatic carbocycles. The second-order valence-electron chi connectivity index (χ2n) is 3.83. The largest absolute Gasteiger partial charge is 0.481 e. The lowest BCUT2D eigenvalue weighted by molar-refractivity contribution is 0.389. The summed E-state index contributed by atoms with van der Waals surface area (Å²) >= 11 is 0. The summed E-state index contributed by atoms with van der Waals surface area (Å²) in [4.78, 5) is 8.13. The highest BCUT2D eigenvalue weighted by Crippen LogP contribution is 2.20. The van der Waals surface area contributed by atoms with E-state index in [1.807, 2.05) is 0 Å². The molecule has 0 spiro atoms. The van der Waals surface area contributed by atoms with E-state index in [1.54, 1.807) is 13.2 Å². The van der Waals surface area contributed by atoms with Crippen LogP contribution in [0.4, 0.5) is 0 Å². The minimum Gasteiger partial charge on any atom is -0.481 e. The molecule has 5 nitrogen and oxygen atoms in total. The van der Waals surface area contributed by atoms with Gasteiger partial charge in [-0.15, -0.1) is 0 Å². The summed E-state index contributed by atoms with van der Waals surface area (Å²) in [5.74, 6) is 6.60. The molecule has 0 amide bonds. The maximum atomic E-state index is 5.49. The predicted octanol–water partition coefficient (Wildman–Crippen LogP) is 1.04. The Labute approximate surface area is 90.0 Å². The van der Waals surface area contributed by atoms with Crippen molar-refractivity contribution in [3.63, 3.8) is 0 Å². The van der Waals surface area contributed by atoms with E-state index in [4.69, 9.17) is 10.6 Å². The zero-order valence-corrected chi connectivity index (χ0v) is 9.40. The van der Waals surface area contributed by atoms with Gasteiger partial charge < -0.3 is 4.74 Å². The van der Waals surface area contributed by atoms with Gasteiger partial charge in [-0.2, -0.15) is 0 Å². The molecule has 0 aliphatic heterocycles. The summed E-state index contributed by atoms with van der Waals surface area (Å²) in [5.41, 5.74) is 3.61. The summed E-state index contributed by atoms with van der Waals surface area (Å²) in [6.07, 6.45) is 2.41. The Balaban J connectivity index is 2.81. The Hall–Kier alpha value is -1.20. The first kappa shape index (κ1) is 11.9. The molecule has 0 saturated heterocycles. The quantitative estimate of drug-likeness (QED) is 0.561. The first-order chi connectivity index (χ1) is 7.17. The van der Waals surface area contributed by atoms with E-state index in [1.165, 1.54) is 6.33 Å². The van der Waals surface area contributed by atoms with Gasteiger partial charge in [-0.25, -0.2) is 9.97 Å². The molecule has 84 valence electrons. The van der Waals surface area contributed by atoms with E-state index in [2.05, 4.69) is 29.2 Å². The molecule has 1 unspecified atom stereocenters. The molecule has 5 heteroatoms. The maximum absolute atomic E-state index is 5.49. The highest BCUT2D eigenvalue weighted by atomic mass is 16.5. The second-order valence-corrected chi connectivity index (χ2v) is 3.83. The molecule has 3 N–H and O–H groups in total. The van der Waals surface area contributed by atoms with E-state index in [0.717, 1.165) is 12.1 Å². The predicted molar refractivity (Wildman–Crippen MR) is 58.1 cm³/mol. The van der Waals surface area contributed by atoms with Crippen molar-refractivity contribution in [2.45, 2.75) is 26.3 Å². The third kappa shape index (κ3) is 3.45. The van der Waals surface area contributed by atoms with Gasteiger partial charge in [0.1, 0.15) is 6.33 Å². The van der Waals surface area contributed by atoms with Crippen molar-refractivity contribution in [2.24, 2.45) is 11.8 Å². The van der Waals surface area contributed by atoms with Crippen LogP contribution in [0.15, 0.2) is 12.4 Å². The number of methoxy groups -OCH3 is 1. The van der Waals surface area contributed by atoms with Crippen LogP contribution in [0, 0.1) is 5.92 Å².